The van der Waals surface area contributed by atoms with Crippen molar-refractivity contribution in [2.24, 2.45) is 5.92 Å². The fourth-order valence-electron chi connectivity index (χ4n) is 6.09. The van der Waals surface area contributed by atoms with Crippen LogP contribution in [0.25, 0.3) is 22.2 Å². The number of ether oxygens (including phenoxy) is 3. The van der Waals surface area contributed by atoms with Crippen molar-refractivity contribution in [1.82, 2.24) is 34.1 Å². The quantitative estimate of drug-likeness (QED) is 0.0736. The predicted octanol–water partition coefficient (Wildman–Crippen LogP) is 0.850. The third kappa shape index (κ3) is 6.17. The summed E-state index contributed by atoms with van der Waals surface area (Å²) in [7, 11) is -2.52. The number of nitrogens with two attached hydrogens (primary N) is 2. The van der Waals surface area contributed by atoms with Gasteiger partial charge in [-0.1, -0.05) is 0 Å². The first-order chi connectivity index (χ1) is 22.2. The number of H-pyrrole nitrogens is 1. The zero-order valence-corrected chi connectivity index (χ0v) is 26.9. The summed E-state index contributed by atoms with van der Waals surface area (Å²) in [4.78, 5) is 31.2. The maximum atomic E-state index is 13.2. The Hall–Kier alpha value is -3.03. The van der Waals surface area contributed by atoms with Crippen LogP contribution >= 0.6 is 29.6 Å². The number of rotatable bonds is 13. The molecule has 0 aromatic carbocycles. The average Bonchev–Trinajstić information content (AvgIpc) is 3.80. The van der Waals surface area contributed by atoms with E-state index in [0.29, 0.717) is 23.3 Å². The normalized spacial score (nSPS) is 28.9. The number of fused-ring (bicyclic) bond motifs is 2. The molecular weight excluding hydrogens is 668 g/mol. The molecule has 2 fully saturated rings. The molecule has 46 heavy (non-hydrogen) atoms. The summed E-state index contributed by atoms with van der Waals surface area (Å²) in [5.74, 6) is -0.0704. The number of aliphatic hydroxyl groups excluding tert-OH is 1. The molecule has 5 heterocycles. The number of aromatic nitrogens is 7. The van der Waals surface area contributed by atoms with E-state index in [-0.39, 0.29) is 42.2 Å². The fraction of sp³-hybridized carbons (Fsp3) is 0.542. The highest BCUT2D eigenvalue weighted by molar-refractivity contribution is 7.80. The van der Waals surface area contributed by atoms with Gasteiger partial charge in [0.2, 0.25) is 5.95 Å². The predicted molar refractivity (Wildman–Crippen MR) is 164 cm³/mol. The smallest absolute Gasteiger partial charge is 0.327 e. The van der Waals surface area contributed by atoms with Crippen LogP contribution in [-0.2, 0) is 36.9 Å². The van der Waals surface area contributed by atoms with Gasteiger partial charge in [0.25, 0.3) is 5.56 Å². The number of anilines is 2. The summed E-state index contributed by atoms with van der Waals surface area (Å²) in [5, 5.41) is 12.0. The molecule has 4 aromatic rings. The lowest BCUT2D eigenvalue weighted by Crippen LogP contribution is -2.36. The third-order valence-electron chi connectivity index (χ3n) is 8.11. The van der Waals surface area contributed by atoms with Crippen molar-refractivity contribution in [1.29, 1.82) is 0 Å². The molecule has 6 N–H and O–H groups in total. The number of aromatic amines is 1. The lowest BCUT2D eigenvalue weighted by Gasteiger charge is -2.24. The standard InChI is InChI=1S/C24H31N9O10P2S/c1-38-17-13(41-23(18(17)42-44-36)33-8-29-14-21(33)30-24(26)31-22(14)35)6-40-45(37)43-16-10(5-39-9-46)4-12(15(16)34)32-3-2-11-19(25)27-7-28-20(11)32/h2-3,7-8,10,12-13,15-18,23,34,45-46H,4-6,9H2,1H3,(H2,25,27,28)(H3,26,30,31,35)/t10-,12-,13-,15+,16-,17-,18-,23-/m1/s1. The number of hydrogen-bond donors (Lipinski definition) is 5. The van der Waals surface area contributed by atoms with Gasteiger partial charge in [0, 0.05) is 19.2 Å². The SMILES string of the molecule is CO[C@H]1[C@@H](OP=O)[C@H](n2cnc3c(=O)[nH]c(N)nc32)O[C@@H]1CO[PH](=O)O[C@@H]1[C@@H](COCS)C[C@@H](n2ccc3c(N)ncnc32)[C@@H]1O. The minimum Gasteiger partial charge on any atom is -0.388 e. The van der Waals surface area contributed by atoms with Crippen molar-refractivity contribution in [2.45, 2.75) is 49.2 Å². The Bertz CT molecular complexity index is 1790. The van der Waals surface area contributed by atoms with Crippen molar-refractivity contribution in [3.8, 4) is 0 Å². The zero-order chi connectivity index (χ0) is 32.5. The number of nitrogen functional groups attached to an aromatic ring is 2. The molecule has 1 aliphatic heterocycles. The van der Waals surface area contributed by atoms with Gasteiger partial charge < -0.3 is 44.4 Å². The van der Waals surface area contributed by atoms with E-state index in [4.69, 9.17) is 39.2 Å². The molecule has 9 atom stereocenters. The Morgan fingerprint density at radius 1 is 1.20 bits per heavy atom. The first-order valence-corrected chi connectivity index (χ1v) is 16.5. The van der Waals surface area contributed by atoms with Crippen LogP contribution in [0.2, 0.25) is 0 Å². The number of methoxy groups -OCH3 is 1. The second-order valence-electron chi connectivity index (χ2n) is 10.6. The van der Waals surface area contributed by atoms with Crippen LogP contribution in [0.4, 0.5) is 11.8 Å². The monoisotopic (exact) mass is 699 g/mol. The van der Waals surface area contributed by atoms with Gasteiger partial charge in [-0.25, -0.2) is 19.5 Å². The number of thiol groups is 1. The molecule has 6 rings (SSSR count). The Balaban J connectivity index is 1.17. The summed E-state index contributed by atoms with van der Waals surface area (Å²) in [5.41, 5.74) is 11.8. The molecule has 0 bridgehead atoms. The first kappa shape index (κ1) is 32.9. The van der Waals surface area contributed by atoms with Gasteiger partial charge in [-0.15, -0.1) is 0 Å². The molecule has 1 unspecified atom stereocenters. The Morgan fingerprint density at radius 2 is 2.02 bits per heavy atom. The lowest BCUT2D eigenvalue weighted by molar-refractivity contribution is -0.0524. The molecule has 19 nitrogen and oxygen atoms in total. The molecule has 22 heteroatoms. The molecule has 0 amide bonds. The molecule has 248 valence electrons. The largest absolute Gasteiger partial charge is 0.388 e. The number of nitrogens with zero attached hydrogens (tertiary/aromatic N) is 6. The maximum absolute atomic E-state index is 13.2. The molecule has 2 aliphatic rings. The van der Waals surface area contributed by atoms with E-state index in [2.05, 4.69) is 37.5 Å². The summed E-state index contributed by atoms with van der Waals surface area (Å²) < 4.78 is 61.9. The van der Waals surface area contributed by atoms with Crippen molar-refractivity contribution in [2.75, 3.05) is 37.7 Å². The van der Waals surface area contributed by atoms with Crippen LogP contribution < -0.4 is 17.0 Å². The van der Waals surface area contributed by atoms with E-state index >= 15 is 0 Å². The van der Waals surface area contributed by atoms with Gasteiger partial charge in [-0.3, -0.25) is 23.4 Å². The van der Waals surface area contributed by atoms with Crippen molar-refractivity contribution < 1.29 is 42.0 Å². The average molecular weight is 700 g/mol. The molecule has 1 saturated heterocycles. The van der Waals surface area contributed by atoms with E-state index in [1.54, 1.807) is 16.8 Å². The highest BCUT2D eigenvalue weighted by Gasteiger charge is 2.49. The highest BCUT2D eigenvalue weighted by Crippen LogP contribution is 2.44. The van der Waals surface area contributed by atoms with Crippen LogP contribution in [0, 0.1) is 5.92 Å². The van der Waals surface area contributed by atoms with Gasteiger partial charge in [0.05, 0.1) is 43.0 Å². The van der Waals surface area contributed by atoms with Gasteiger partial charge in [-0.05, 0) is 12.5 Å². The molecule has 1 aliphatic carbocycles. The topological polar surface area (TPSA) is 256 Å². The summed E-state index contributed by atoms with van der Waals surface area (Å²) in [6.07, 6.45) is -1.02. The zero-order valence-electron chi connectivity index (χ0n) is 24.1. The van der Waals surface area contributed by atoms with Crippen LogP contribution in [0.3, 0.4) is 0 Å². The lowest BCUT2D eigenvalue weighted by atomic mass is 10.1. The van der Waals surface area contributed by atoms with E-state index < -0.39 is 65.3 Å². The third-order valence-corrected chi connectivity index (χ3v) is 9.48. The summed E-state index contributed by atoms with van der Waals surface area (Å²) >= 11 is 4.11. The van der Waals surface area contributed by atoms with Gasteiger partial charge >= 0.3 is 16.9 Å². The van der Waals surface area contributed by atoms with Gasteiger partial charge in [0.15, 0.2) is 17.4 Å². The number of hydrogen-bond acceptors (Lipinski definition) is 17. The Morgan fingerprint density at radius 3 is 2.78 bits per heavy atom. The molecular formula is C24H31N9O10P2S. The second kappa shape index (κ2) is 14.0. The van der Waals surface area contributed by atoms with Gasteiger partial charge in [-0.2, -0.15) is 17.6 Å². The van der Waals surface area contributed by atoms with E-state index in [9.17, 15) is 19.0 Å². The number of imidazole rings is 1. The van der Waals surface area contributed by atoms with Crippen molar-refractivity contribution in [3.05, 3.63) is 35.3 Å². The number of aliphatic hydroxyl groups is 1. The van der Waals surface area contributed by atoms with Crippen LogP contribution in [0.15, 0.2) is 29.7 Å². The molecule has 0 radical (unpaired) electrons. The van der Waals surface area contributed by atoms with Crippen LogP contribution in [0.1, 0.15) is 18.7 Å². The van der Waals surface area contributed by atoms with E-state index in [0.717, 1.165) is 0 Å². The fourth-order valence-corrected chi connectivity index (χ4v) is 7.44. The van der Waals surface area contributed by atoms with E-state index in [1.807, 2.05) is 0 Å². The van der Waals surface area contributed by atoms with Crippen LogP contribution in [0.5, 0.6) is 0 Å². The molecule has 1 saturated carbocycles. The Kier molecular flexibility index (Phi) is 10.0. The van der Waals surface area contributed by atoms with Crippen molar-refractivity contribution >= 4 is 63.5 Å². The number of nitrogens with one attached hydrogen (secondary N) is 1. The van der Waals surface area contributed by atoms with Crippen LogP contribution in [-0.4, -0.2) is 95.9 Å². The first-order valence-electron chi connectivity index (χ1n) is 13.9. The highest BCUT2D eigenvalue weighted by atomic mass is 32.1. The summed E-state index contributed by atoms with van der Waals surface area (Å²) in [6, 6.07) is 1.26. The minimum atomic E-state index is -3.24. The second-order valence-corrected chi connectivity index (χ2v) is 12.2. The minimum absolute atomic E-state index is 0.00273. The van der Waals surface area contributed by atoms with Gasteiger partial charge in [0.1, 0.15) is 42.2 Å². The molecule has 0 spiro atoms. The molecule has 4 aromatic heterocycles. The van der Waals surface area contributed by atoms with E-state index in [1.165, 1.54) is 24.3 Å². The summed E-state index contributed by atoms with van der Waals surface area (Å²) in [6.45, 7) is -0.117. The van der Waals surface area contributed by atoms with Crippen molar-refractivity contribution in [3.63, 3.8) is 0 Å². The Labute approximate surface area is 267 Å². The maximum Gasteiger partial charge on any atom is 0.327 e.